The molecule has 3 rings (SSSR count). The van der Waals surface area contributed by atoms with E-state index in [4.69, 9.17) is 9.47 Å². The highest BCUT2D eigenvalue weighted by molar-refractivity contribution is 5.95. The SMILES string of the molecule is COCC[C@@H]1CCCCN1C(=O)c1ccc(-c2cc(F)ccc2OC)cc1. The first-order valence-electron chi connectivity index (χ1n) is 9.38. The molecule has 1 amide bonds. The average molecular weight is 371 g/mol. The van der Waals surface area contributed by atoms with Crippen LogP contribution in [-0.2, 0) is 4.74 Å². The number of piperidine rings is 1. The van der Waals surface area contributed by atoms with E-state index in [1.165, 1.54) is 12.1 Å². The summed E-state index contributed by atoms with van der Waals surface area (Å²) in [5, 5.41) is 0. The van der Waals surface area contributed by atoms with E-state index in [0.29, 0.717) is 23.5 Å². The van der Waals surface area contributed by atoms with Crippen molar-refractivity contribution in [2.45, 2.75) is 31.7 Å². The van der Waals surface area contributed by atoms with Gasteiger partial charge in [-0.3, -0.25) is 4.79 Å². The summed E-state index contributed by atoms with van der Waals surface area (Å²) in [5.41, 5.74) is 2.14. The number of methoxy groups -OCH3 is 2. The molecule has 5 heteroatoms. The molecule has 1 saturated heterocycles. The van der Waals surface area contributed by atoms with Gasteiger partial charge in [0.25, 0.3) is 5.91 Å². The van der Waals surface area contributed by atoms with Crippen molar-refractivity contribution in [1.29, 1.82) is 0 Å². The molecule has 1 fully saturated rings. The number of hydrogen-bond acceptors (Lipinski definition) is 3. The zero-order chi connectivity index (χ0) is 19.2. The molecule has 144 valence electrons. The van der Waals surface area contributed by atoms with E-state index in [9.17, 15) is 9.18 Å². The molecule has 0 N–H and O–H groups in total. The Labute approximate surface area is 159 Å². The normalized spacial score (nSPS) is 17.0. The van der Waals surface area contributed by atoms with Crippen molar-refractivity contribution in [3.63, 3.8) is 0 Å². The monoisotopic (exact) mass is 371 g/mol. The number of amides is 1. The zero-order valence-corrected chi connectivity index (χ0v) is 15.9. The van der Waals surface area contributed by atoms with Gasteiger partial charge in [-0.1, -0.05) is 12.1 Å². The Morgan fingerprint density at radius 1 is 1.15 bits per heavy atom. The maximum absolute atomic E-state index is 13.6. The standard InChI is InChI=1S/C22H26FNO3/c1-26-14-12-19-5-3-4-13-24(19)22(25)17-8-6-16(7-9-17)20-15-18(23)10-11-21(20)27-2/h6-11,15,19H,3-5,12-14H2,1-2H3/t19-/m0/s1. The maximum atomic E-state index is 13.6. The van der Waals surface area contributed by atoms with Crippen LogP contribution in [0.15, 0.2) is 42.5 Å². The van der Waals surface area contributed by atoms with Crippen LogP contribution < -0.4 is 4.74 Å². The Kier molecular flexibility index (Phi) is 6.45. The Morgan fingerprint density at radius 3 is 2.63 bits per heavy atom. The first kappa shape index (κ1) is 19.4. The highest BCUT2D eigenvalue weighted by atomic mass is 19.1. The molecular weight excluding hydrogens is 345 g/mol. The van der Waals surface area contributed by atoms with Crippen LogP contribution in [0.2, 0.25) is 0 Å². The molecule has 1 atom stereocenters. The summed E-state index contributed by atoms with van der Waals surface area (Å²) < 4.78 is 24.2. The summed E-state index contributed by atoms with van der Waals surface area (Å²) in [6.07, 6.45) is 4.07. The lowest BCUT2D eigenvalue weighted by atomic mass is 9.97. The quantitative estimate of drug-likeness (QED) is 0.749. The molecule has 2 aromatic rings. The highest BCUT2D eigenvalue weighted by Crippen LogP contribution is 2.31. The average Bonchev–Trinajstić information content (AvgIpc) is 2.72. The summed E-state index contributed by atoms with van der Waals surface area (Å²) in [4.78, 5) is 15.0. The van der Waals surface area contributed by atoms with E-state index in [2.05, 4.69) is 0 Å². The van der Waals surface area contributed by atoms with Crippen LogP contribution in [0.5, 0.6) is 5.75 Å². The number of carbonyl (C=O) groups excluding carboxylic acids is 1. The van der Waals surface area contributed by atoms with Gasteiger partial charge >= 0.3 is 0 Å². The Hall–Kier alpha value is -2.40. The van der Waals surface area contributed by atoms with E-state index >= 15 is 0 Å². The molecule has 0 spiro atoms. The minimum Gasteiger partial charge on any atom is -0.496 e. The molecule has 27 heavy (non-hydrogen) atoms. The minimum absolute atomic E-state index is 0.0496. The van der Waals surface area contributed by atoms with Crippen molar-refractivity contribution in [2.24, 2.45) is 0 Å². The Morgan fingerprint density at radius 2 is 1.93 bits per heavy atom. The molecular formula is C22H26FNO3. The number of benzene rings is 2. The number of ether oxygens (including phenoxy) is 2. The Balaban J connectivity index is 1.80. The molecule has 1 aliphatic rings. The molecule has 4 nitrogen and oxygen atoms in total. The lowest BCUT2D eigenvalue weighted by molar-refractivity contribution is 0.0553. The van der Waals surface area contributed by atoms with Gasteiger partial charge < -0.3 is 14.4 Å². The summed E-state index contributed by atoms with van der Waals surface area (Å²) in [5.74, 6) is 0.333. The largest absolute Gasteiger partial charge is 0.496 e. The van der Waals surface area contributed by atoms with Gasteiger partial charge in [0.1, 0.15) is 11.6 Å². The van der Waals surface area contributed by atoms with E-state index in [1.807, 2.05) is 29.2 Å². The predicted octanol–water partition coefficient (Wildman–Crippen LogP) is 4.53. The number of carbonyl (C=O) groups is 1. The van der Waals surface area contributed by atoms with Crippen LogP contribution in [-0.4, -0.2) is 44.2 Å². The molecule has 1 heterocycles. The van der Waals surface area contributed by atoms with Gasteiger partial charge in [0.15, 0.2) is 0 Å². The predicted molar refractivity (Wildman–Crippen MR) is 104 cm³/mol. The number of hydrogen-bond donors (Lipinski definition) is 0. The maximum Gasteiger partial charge on any atom is 0.254 e. The summed E-state index contributed by atoms with van der Waals surface area (Å²) in [6.45, 7) is 1.44. The fourth-order valence-electron chi connectivity index (χ4n) is 3.69. The first-order valence-corrected chi connectivity index (χ1v) is 9.38. The van der Waals surface area contributed by atoms with Crippen molar-refractivity contribution >= 4 is 5.91 Å². The first-order chi connectivity index (χ1) is 13.1. The molecule has 2 aromatic carbocycles. The van der Waals surface area contributed by atoms with Gasteiger partial charge in [0, 0.05) is 37.4 Å². The van der Waals surface area contributed by atoms with E-state index < -0.39 is 0 Å². The third-order valence-corrected chi connectivity index (χ3v) is 5.15. The van der Waals surface area contributed by atoms with Gasteiger partial charge in [-0.15, -0.1) is 0 Å². The highest BCUT2D eigenvalue weighted by Gasteiger charge is 2.27. The van der Waals surface area contributed by atoms with Gasteiger partial charge in [0.2, 0.25) is 0 Å². The lowest BCUT2D eigenvalue weighted by Crippen LogP contribution is -2.44. The molecule has 0 aromatic heterocycles. The molecule has 0 bridgehead atoms. The van der Waals surface area contributed by atoms with E-state index in [-0.39, 0.29) is 17.8 Å². The third-order valence-electron chi connectivity index (χ3n) is 5.15. The number of nitrogens with zero attached hydrogens (tertiary/aromatic N) is 1. The third kappa shape index (κ3) is 4.48. The van der Waals surface area contributed by atoms with Gasteiger partial charge in [-0.2, -0.15) is 0 Å². The second kappa shape index (κ2) is 9.00. The van der Waals surface area contributed by atoms with Gasteiger partial charge in [-0.05, 0) is 61.6 Å². The number of halogens is 1. The van der Waals surface area contributed by atoms with E-state index in [0.717, 1.165) is 37.8 Å². The van der Waals surface area contributed by atoms with Crippen molar-refractivity contribution in [3.05, 3.63) is 53.8 Å². The van der Waals surface area contributed by atoms with Gasteiger partial charge in [0.05, 0.1) is 7.11 Å². The van der Waals surface area contributed by atoms with Gasteiger partial charge in [-0.25, -0.2) is 4.39 Å². The molecule has 0 radical (unpaired) electrons. The van der Waals surface area contributed by atoms with Crippen molar-refractivity contribution < 1.29 is 18.7 Å². The summed E-state index contributed by atoms with van der Waals surface area (Å²) in [6, 6.07) is 12.0. The van der Waals surface area contributed by atoms with Crippen molar-refractivity contribution in [1.82, 2.24) is 4.90 Å². The fraction of sp³-hybridized carbons (Fsp3) is 0.409. The van der Waals surface area contributed by atoms with Crippen molar-refractivity contribution in [3.8, 4) is 16.9 Å². The van der Waals surface area contributed by atoms with Crippen LogP contribution in [0.4, 0.5) is 4.39 Å². The van der Waals surface area contributed by atoms with Crippen LogP contribution in [0, 0.1) is 5.82 Å². The molecule has 0 aliphatic carbocycles. The molecule has 1 aliphatic heterocycles. The van der Waals surface area contributed by atoms with Crippen LogP contribution in [0.1, 0.15) is 36.0 Å². The second-order valence-electron chi connectivity index (χ2n) is 6.85. The number of likely N-dealkylation sites (tertiary alicyclic amines) is 1. The second-order valence-corrected chi connectivity index (χ2v) is 6.85. The Bertz CT molecular complexity index is 776. The minimum atomic E-state index is -0.319. The zero-order valence-electron chi connectivity index (χ0n) is 15.9. The summed E-state index contributed by atoms with van der Waals surface area (Å²) in [7, 11) is 3.25. The van der Waals surface area contributed by atoms with Crippen molar-refractivity contribution in [2.75, 3.05) is 27.4 Å². The summed E-state index contributed by atoms with van der Waals surface area (Å²) >= 11 is 0. The van der Waals surface area contributed by atoms with Crippen LogP contribution in [0.3, 0.4) is 0 Å². The van der Waals surface area contributed by atoms with Crippen LogP contribution >= 0.6 is 0 Å². The fourth-order valence-corrected chi connectivity index (χ4v) is 3.69. The molecule has 0 saturated carbocycles. The molecule has 0 unspecified atom stereocenters. The lowest BCUT2D eigenvalue weighted by Gasteiger charge is -2.36. The number of rotatable bonds is 6. The van der Waals surface area contributed by atoms with Crippen LogP contribution in [0.25, 0.3) is 11.1 Å². The van der Waals surface area contributed by atoms with E-state index in [1.54, 1.807) is 20.3 Å². The smallest absolute Gasteiger partial charge is 0.254 e. The topological polar surface area (TPSA) is 38.8 Å².